The maximum atomic E-state index is 5.49. The SMILES string of the molecule is CC(=S)/N=C(\C)C(C)N. The topological polar surface area (TPSA) is 38.4 Å². The third kappa shape index (κ3) is 4.24. The molecule has 2 N–H and O–H groups in total. The molecule has 1 atom stereocenters. The van der Waals surface area contributed by atoms with Crippen LogP contribution in [0, 0.1) is 0 Å². The fraction of sp³-hybridized carbons (Fsp3) is 0.667. The number of rotatable bonds is 1. The molecule has 2 nitrogen and oxygen atoms in total. The third-order valence-electron chi connectivity index (χ3n) is 0.993. The maximum Gasteiger partial charge on any atom is 0.0998 e. The Labute approximate surface area is 61.2 Å². The van der Waals surface area contributed by atoms with Gasteiger partial charge in [-0.05, 0) is 20.8 Å². The minimum Gasteiger partial charge on any atom is -0.323 e. The first-order chi connectivity index (χ1) is 4.04. The molecule has 0 amide bonds. The minimum atomic E-state index is 0.0166. The van der Waals surface area contributed by atoms with Gasteiger partial charge in [0.1, 0.15) is 0 Å². The van der Waals surface area contributed by atoms with Gasteiger partial charge >= 0.3 is 0 Å². The van der Waals surface area contributed by atoms with Gasteiger partial charge < -0.3 is 5.73 Å². The predicted molar refractivity (Wildman–Crippen MR) is 45.0 cm³/mol. The number of hydrogen-bond acceptors (Lipinski definition) is 2. The van der Waals surface area contributed by atoms with Crippen LogP contribution in [0.25, 0.3) is 0 Å². The van der Waals surface area contributed by atoms with Gasteiger partial charge in [0.15, 0.2) is 0 Å². The van der Waals surface area contributed by atoms with Crippen LogP contribution in [0.5, 0.6) is 0 Å². The first kappa shape index (κ1) is 8.72. The highest BCUT2D eigenvalue weighted by Crippen LogP contribution is 1.85. The van der Waals surface area contributed by atoms with Crippen LogP contribution in [0.2, 0.25) is 0 Å². The molecular weight excluding hydrogens is 132 g/mol. The normalized spacial score (nSPS) is 15.3. The number of hydrogen-bond donors (Lipinski definition) is 1. The number of nitrogens with two attached hydrogens (primary N) is 1. The van der Waals surface area contributed by atoms with E-state index in [0.717, 1.165) is 5.71 Å². The first-order valence-corrected chi connectivity index (χ1v) is 3.26. The molecular formula is C6H12N2S. The summed E-state index contributed by atoms with van der Waals surface area (Å²) in [5, 5.41) is 0. The molecule has 0 rings (SSSR count). The molecule has 0 heterocycles. The van der Waals surface area contributed by atoms with Crippen molar-refractivity contribution in [3.05, 3.63) is 0 Å². The highest BCUT2D eigenvalue weighted by atomic mass is 32.1. The zero-order valence-electron chi connectivity index (χ0n) is 6.01. The van der Waals surface area contributed by atoms with Crippen molar-refractivity contribution in [3.63, 3.8) is 0 Å². The predicted octanol–water partition coefficient (Wildman–Crippen LogP) is 1.14. The van der Waals surface area contributed by atoms with E-state index in [1.54, 1.807) is 6.92 Å². The van der Waals surface area contributed by atoms with Crippen molar-refractivity contribution < 1.29 is 0 Å². The van der Waals surface area contributed by atoms with E-state index < -0.39 is 0 Å². The smallest absolute Gasteiger partial charge is 0.0998 e. The number of nitrogens with zero attached hydrogens (tertiary/aromatic N) is 1. The van der Waals surface area contributed by atoms with Gasteiger partial charge in [0.2, 0.25) is 0 Å². The summed E-state index contributed by atoms with van der Waals surface area (Å²) in [7, 11) is 0. The molecule has 1 unspecified atom stereocenters. The number of thiocarbonyl (C=S) groups is 1. The highest BCUT2D eigenvalue weighted by Gasteiger charge is 1.96. The van der Waals surface area contributed by atoms with Crippen molar-refractivity contribution in [2.75, 3.05) is 0 Å². The Hall–Kier alpha value is -0.280. The summed E-state index contributed by atoms with van der Waals surface area (Å²) in [4.78, 5) is 4.64. The Bertz CT molecular complexity index is 138. The van der Waals surface area contributed by atoms with Gasteiger partial charge in [0.05, 0.1) is 4.99 Å². The first-order valence-electron chi connectivity index (χ1n) is 2.85. The van der Waals surface area contributed by atoms with Crippen LogP contribution in [0.1, 0.15) is 20.8 Å². The van der Waals surface area contributed by atoms with Crippen LogP contribution in [0.3, 0.4) is 0 Å². The Morgan fingerprint density at radius 2 is 2.00 bits per heavy atom. The minimum absolute atomic E-state index is 0.0166. The lowest BCUT2D eigenvalue weighted by atomic mass is 10.2. The molecule has 3 heteroatoms. The van der Waals surface area contributed by atoms with E-state index in [-0.39, 0.29) is 6.04 Å². The van der Waals surface area contributed by atoms with Gasteiger partial charge in [-0.1, -0.05) is 12.2 Å². The van der Waals surface area contributed by atoms with Crippen LogP contribution in [0.15, 0.2) is 4.99 Å². The van der Waals surface area contributed by atoms with Crippen molar-refractivity contribution in [2.24, 2.45) is 10.7 Å². The van der Waals surface area contributed by atoms with Crippen molar-refractivity contribution in [1.29, 1.82) is 0 Å². The molecule has 0 saturated carbocycles. The molecule has 0 aromatic carbocycles. The van der Waals surface area contributed by atoms with Gasteiger partial charge in [-0.2, -0.15) is 0 Å². The van der Waals surface area contributed by atoms with E-state index in [1.807, 2.05) is 13.8 Å². The maximum absolute atomic E-state index is 5.49. The van der Waals surface area contributed by atoms with E-state index in [9.17, 15) is 0 Å². The molecule has 0 aliphatic carbocycles. The fourth-order valence-corrected chi connectivity index (χ4v) is 0.494. The molecule has 9 heavy (non-hydrogen) atoms. The molecule has 0 aromatic rings. The lowest BCUT2D eigenvalue weighted by Crippen LogP contribution is -2.24. The van der Waals surface area contributed by atoms with Gasteiger partial charge in [0.25, 0.3) is 0 Å². The van der Waals surface area contributed by atoms with E-state index in [0.29, 0.717) is 4.99 Å². The second-order valence-electron chi connectivity index (χ2n) is 2.06. The standard InChI is InChI=1S/C6H12N2S/c1-4(7)5(2)8-6(3)9/h4H,7H2,1-3H3/b8-5+. The summed E-state index contributed by atoms with van der Waals surface area (Å²) in [6, 6.07) is 0.0166. The van der Waals surface area contributed by atoms with Crippen LogP contribution in [-0.4, -0.2) is 16.7 Å². The Balaban J connectivity index is 4.00. The van der Waals surface area contributed by atoms with Crippen LogP contribution in [-0.2, 0) is 0 Å². The zero-order valence-corrected chi connectivity index (χ0v) is 6.83. The van der Waals surface area contributed by atoms with E-state index in [1.165, 1.54) is 0 Å². The molecule has 0 bridgehead atoms. The van der Waals surface area contributed by atoms with Gasteiger partial charge in [-0.3, -0.25) is 0 Å². The molecule has 0 saturated heterocycles. The Kier molecular flexibility index (Phi) is 3.58. The van der Waals surface area contributed by atoms with Crippen molar-refractivity contribution in [1.82, 2.24) is 0 Å². The molecule has 0 radical (unpaired) electrons. The van der Waals surface area contributed by atoms with Crippen LogP contribution >= 0.6 is 12.2 Å². The molecule has 0 fully saturated rings. The second-order valence-corrected chi connectivity index (χ2v) is 2.65. The van der Waals surface area contributed by atoms with Gasteiger partial charge in [-0.15, -0.1) is 0 Å². The quantitative estimate of drug-likeness (QED) is 0.443. The number of aliphatic imine (C=N–C) groups is 1. The van der Waals surface area contributed by atoms with Crippen molar-refractivity contribution in [3.8, 4) is 0 Å². The summed E-state index contributed by atoms with van der Waals surface area (Å²) in [5.41, 5.74) is 6.39. The second kappa shape index (κ2) is 3.69. The lowest BCUT2D eigenvalue weighted by Gasteiger charge is -2.01. The monoisotopic (exact) mass is 144 g/mol. The lowest BCUT2D eigenvalue weighted by molar-refractivity contribution is 0.969. The Morgan fingerprint density at radius 1 is 1.56 bits per heavy atom. The fourth-order valence-electron chi connectivity index (χ4n) is 0.350. The third-order valence-corrected chi connectivity index (χ3v) is 1.08. The van der Waals surface area contributed by atoms with Gasteiger partial charge in [-0.25, -0.2) is 4.99 Å². The molecule has 0 aromatic heterocycles. The van der Waals surface area contributed by atoms with E-state index in [4.69, 9.17) is 18.0 Å². The van der Waals surface area contributed by atoms with Crippen LogP contribution < -0.4 is 5.73 Å². The van der Waals surface area contributed by atoms with Crippen molar-refractivity contribution in [2.45, 2.75) is 26.8 Å². The zero-order chi connectivity index (χ0) is 7.44. The van der Waals surface area contributed by atoms with Crippen molar-refractivity contribution >= 4 is 22.9 Å². The van der Waals surface area contributed by atoms with Crippen LogP contribution in [0.4, 0.5) is 0 Å². The summed E-state index contributed by atoms with van der Waals surface area (Å²) in [6.07, 6.45) is 0. The Morgan fingerprint density at radius 3 is 2.11 bits per heavy atom. The summed E-state index contributed by atoms with van der Waals surface area (Å²) >= 11 is 4.75. The molecule has 0 spiro atoms. The summed E-state index contributed by atoms with van der Waals surface area (Å²) in [5.74, 6) is 0. The molecule has 0 aliphatic heterocycles. The van der Waals surface area contributed by atoms with E-state index in [2.05, 4.69) is 4.99 Å². The average molecular weight is 144 g/mol. The molecule has 0 aliphatic rings. The average Bonchev–Trinajstić information content (AvgIpc) is 1.63. The largest absolute Gasteiger partial charge is 0.323 e. The summed E-state index contributed by atoms with van der Waals surface area (Å²) < 4.78 is 0. The highest BCUT2D eigenvalue weighted by molar-refractivity contribution is 7.80. The van der Waals surface area contributed by atoms with E-state index >= 15 is 0 Å². The molecule has 52 valence electrons. The van der Waals surface area contributed by atoms with Gasteiger partial charge in [0, 0.05) is 11.8 Å². The summed E-state index contributed by atoms with van der Waals surface area (Å²) in [6.45, 7) is 5.54.